The summed E-state index contributed by atoms with van der Waals surface area (Å²) in [5.74, 6) is 0.386. The van der Waals surface area contributed by atoms with Crippen LogP contribution in [0.15, 0.2) is 89.8 Å². The molecule has 0 unspecified atom stereocenters. The van der Waals surface area contributed by atoms with Crippen molar-refractivity contribution in [1.82, 2.24) is 10.2 Å². The van der Waals surface area contributed by atoms with Crippen LogP contribution >= 0.6 is 23.4 Å². The lowest BCUT2D eigenvalue weighted by Gasteiger charge is -2.34. The Balaban J connectivity index is 1.88. The van der Waals surface area contributed by atoms with Crippen LogP contribution in [0.4, 0.5) is 0 Å². The van der Waals surface area contributed by atoms with Crippen LogP contribution < -0.4 is 5.32 Å². The summed E-state index contributed by atoms with van der Waals surface area (Å²) in [6.07, 6.45) is 0.739. The third kappa shape index (κ3) is 8.75. The third-order valence-electron chi connectivity index (χ3n) is 5.40. The van der Waals surface area contributed by atoms with Crippen LogP contribution in [0.5, 0.6) is 0 Å². The fourth-order valence-corrected chi connectivity index (χ4v) is 4.79. The molecule has 2 amide bonds. The minimum atomic E-state index is -0.665. The lowest BCUT2D eigenvalue weighted by atomic mass is 10.0. The molecule has 0 saturated carbocycles. The van der Waals surface area contributed by atoms with E-state index >= 15 is 0 Å². The van der Waals surface area contributed by atoms with E-state index in [-0.39, 0.29) is 18.4 Å². The predicted molar refractivity (Wildman–Crippen MR) is 146 cm³/mol. The van der Waals surface area contributed by atoms with Crippen LogP contribution in [-0.2, 0) is 22.6 Å². The number of halogens is 1. The molecule has 1 N–H and O–H groups in total. The molecule has 0 spiro atoms. The summed E-state index contributed by atoms with van der Waals surface area (Å²) < 4.78 is 0. The summed E-state index contributed by atoms with van der Waals surface area (Å²) >= 11 is 8.10. The zero-order valence-electron chi connectivity index (χ0n) is 20.5. The van der Waals surface area contributed by atoms with E-state index in [1.165, 1.54) is 0 Å². The average molecular weight is 509 g/mol. The first-order valence-electron chi connectivity index (χ1n) is 11.8. The first-order valence-corrected chi connectivity index (χ1v) is 13.2. The van der Waals surface area contributed by atoms with Gasteiger partial charge in [-0.2, -0.15) is 0 Å². The van der Waals surface area contributed by atoms with E-state index in [0.29, 0.717) is 23.6 Å². The van der Waals surface area contributed by atoms with Crippen molar-refractivity contribution < 1.29 is 9.59 Å². The largest absolute Gasteiger partial charge is 0.350 e. The van der Waals surface area contributed by atoms with Crippen LogP contribution in [0.25, 0.3) is 0 Å². The molecule has 0 radical (unpaired) electrons. The second-order valence-electron chi connectivity index (χ2n) is 9.47. The van der Waals surface area contributed by atoms with Gasteiger partial charge in [0.15, 0.2) is 0 Å². The normalized spacial score (nSPS) is 12.1. The van der Waals surface area contributed by atoms with Gasteiger partial charge in [-0.3, -0.25) is 9.59 Å². The number of carbonyl (C=O) groups is 2. The van der Waals surface area contributed by atoms with E-state index in [9.17, 15) is 9.59 Å². The molecule has 1 atom stereocenters. The van der Waals surface area contributed by atoms with Crippen LogP contribution in [0.2, 0.25) is 5.02 Å². The number of hydrogen-bond acceptors (Lipinski definition) is 3. The fourth-order valence-electron chi connectivity index (χ4n) is 3.73. The number of amides is 2. The number of thioether (sulfide) groups is 1. The zero-order chi connectivity index (χ0) is 25.3. The lowest BCUT2D eigenvalue weighted by molar-refractivity contribution is -0.141. The number of benzene rings is 3. The molecule has 0 saturated heterocycles. The van der Waals surface area contributed by atoms with Crippen LogP contribution in [-0.4, -0.2) is 34.0 Å². The number of nitrogens with zero attached hydrogens (tertiary/aromatic N) is 1. The summed E-state index contributed by atoms with van der Waals surface area (Å²) in [7, 11) is 0. The molecular weight excluding hydrogens is 476 g/mol. The van der Waals surface area contributed by atoms with E-state index in [0.717, 1.165) is 16.0 Å². The molecule has 6 heteroatoms. The summed E-state index contributed by atoms with van der Waals surface area (Å²) in [4.78, 5) is 30.0. The van der Waals surface area contributed by atoms with Crippen LogP contribution in [0.3, 0.4) is 0 Å². The Morgan fingerprint density at radius 3 is 2.14 bits per heavy atom. The average Bonchev–Trinajstić information content (AvgIpc) is 2.82. The number of nitrogens with one attached hydrogen (secondary N) is 1. The Morgan fingerprint density at radius 1 is 0.914 bits per heavy atom. The van der Waals surface area contributed by atoms with Crippen molar-refractivity contribution in [2.45, 2.75) is 56.6 Å². The van der Waals surface area contributed by atoms with Crippen molar-refractivity contribution in [3.8, 4) is 0 Å². The van der Waals surface area contributed by atoms with Crippen molar-refractivity contribution in [3.05, 3.63) is 101 Å². The maximum atomic E-state index is 13.6. The van der Waals surface area contributed by atoms with E-state index in [1.54, 1.807) is 16.7 Å². The number of carbonyl (C=O) groups excluding carboxylic acids is 2. The highest BCUT2D eigenvalue weighted by Gasteiger charge is 2.32. The zero-order valence-corrected chi connectivity index (χ0v) is 22.1. The molecule has 0 heterocycles. The Kier molecular flexibility index (Phi) is 9.82. The van der Waals surface area contributed by atoms with Crippen molar-refractivity contribution >= 4 is 35.2 Å². The summed E-state index contributed by atoms with van der Waals surface area (Å²) in [6, 6.07) is 26.6. The Bertz CT molecular complexity index is 1100. The van der Waals surface area contributed by atoms with Crippen LogP contribution in [0, 0.1) is 0 Å². The molecule has 0 bridgehead atoms. The number of rotatable bonds is 10. The topological polar surface area (TPSA) is 49.4 Å². The second-order valence-corrected chi connectivity index (χ2v) is 11.0. The molecule has 184 valence electrons. The first kappa shape index (κ1) is 26.8. The maximum Gasteiger partial charge on any atom is 0.243 e. The van der Waals surface area contributed by atoms with Gasteiger partial charge in [0, 0.05) is 40.6 Å². The van der Waals surface area contributed by atoms with E-state index < -0.39 is 11.6 Å². The van der Waals surface area contributed by atoms with Gasteiger partial charge >= 0.3 is 0 Å². The highest BCUT2D eigenvalue weighted by Crippen LogP contribution is 2.23. The summed E-state index contributed by atoms with van der Waals surface area (Å²) in [5.41, 5.74) is 1.39. The summed E-state index contributed by atoms with van der Waals surface area (Å²) in [5, 5.41) is 3.67. The minimum Gasteiger partial charge on any atom is -0.350 e. The fraction of sp³-hybridized carbons (Fsp3) is 0.310. The van der Waals surface area contributed by atoms with Crippen molar-refractivity contribution in [2.75, 3.05) is 5.75 Å². The van der Waals surface area contributed by atoms with E-state index in [1.807, 2.05) is 106 Å². The smallest absolute Gasteiger partial charge is 0.243 e. The van der Waals surface area contributed by atoms with Gasteiger partial charge in [0.2, 0.25) is 11.8 Å². The molecule has 0 aliphatic rings. The van der Waals surface area contributed by atoms with Gasteiger partial charge in [-0.1, -0.05) is 78.3 Å². The van der Waals surface area contributed by atoms with Gasteiger partial charge in [-0.05, 0) is 50.1 Å². The molecule has 0 fully saturated rings. The first-order chi connectivity index (χ1) is 16.7. The monoisotopic (exact) mass is 508 g/mol. The Morgan fingerprint density at radius 2 is 1.51 bits per heavy atom. The van der Waals surface area contributed by atoms with Gasteiger partial charge < -0.3 is 10.2 Å². The second kappa shape index (κ2) is 12.8. The van der Waals surface area contributed by atoms with E-state index in [4.69, 9.17) is 11.6 Å². The highest BCUT2D eigenvalue weighted by molar-refractivity contribution is 7.99. The summed E-state index contributed by atoms with van der Waals surface area (Å²) in [6.45, 7) is 6.10. The molecular formula is C29H33ClN2O2S. The van der Waals surface area contributed by atoms with Crippen LogP contribution in [0.1, 0.15) is 38.3 Å². The lowest BCUT2D eigenvalue weighted by Crippen LogP contribution is -2.54. The molecule has 0 aromatic heterocycles. The van der Waals surface area contributed by atoms with Gasteiger partial charge in [0.05, 0.1) is 0 Å². The molecule has 3 aromatic carbocycles. The Hall–Kier alpha value is -2.76. The Labute approximate surface area is 218 Å². The van der Waals surface area contributed by atoms with Crippen molar-refractivity contribution in [1.29, 1.82) is 0 Å². The van der Waals surface area contributed by atoms with Gasteiger partial charge in [0.1, 0.15) is 6.04 Å². The van der Waals surface area contributed by atoms with E-state index in [2.05, 4.69) is 5.32 Å². The van der Waals surface area contributed by atoms with Gasteiger partial charge in [-0.25, -0.2) is 0 Å². The van der Waals surface area contributed by atoms with Gasteiger partial charge in [-0.15, -0.1) is 11.8 Å². The number of hydrogen-bond donors (Lipinski definition) is 1. The molecule has 0 aliphatic heterocycles. The predicted octanol–water partition coefficient (Wildman–Crippen LogP) is 6.38. The SMILES string of the molecule is CC(C)(C)NC(=O)[C@H](Cc1ccccc1)N(Cc1ccccc1Cl)C(=O)CCSc1ccccc1. The highest BCUT2D eigenvalue weighted by atomic mass is 35.5. The van der Waals surface area contributed by atoms with Crippen molar-refractivity contribution in [3.63, 3.8) is 0 Å². The molecule has 3 aromatic rings. The minimum absolute atomic E-state index is 0.0710. The maximum absolute atomic E-state index is 13.6. The van der Waals surface area contributed by atoms with Gasteiger partial charge in [0.25, 0.3) is 0 Å². The quantitative estimate of drug-likeness (QED) is 0.323. The van der Waals surface area contributed by atoms with Crippen molar-refractivity contribution in [2.24, 2.45) is 0 Å². The standard InChI is InChI=1S/C29H33ClN2O2S/c1-29(2,3)31-28(34)26(20-22-12-6-4-7-13-22)32(21-23-14-10-11-17-25(23)30)27(33)18-19-35-24-15-8-5-9-16-24/h4-17,26H,18-21H2,1-3H3,(H,31,34)/t26-/m0/s1. The molecule has 0 aliphatic carbocycles. The molecule has 3 rings (SSSR count). The third-order valence-corrected chi connectivity index (χ3v) is 6.78. The molecule has 4 nitrogen and oxygen atoms in total. The molecule has 35 heavy (non-hydrogen) atoms.